The van der Waals surface area contributed by atoms with Crippen LogP contribution in [0.2, 0.25) is 0 Å². The van der Waals surface area contributed by atoms with E-state index in [1.165, 1.54) is 0 Å². The fourth-order valence-electron chi connectivity index (χ4n) is 3.33. The monoisotopic (exact) mass is 347 g/mol. The van der Waals surface area contributed by atoms with Gasteiger partial charge in [0.1, 0.15) is 0 Å². The second kappa shape index (κ2) is 6.29. The average Bonchev–Trinajstić information content (AvgIpc) is 3.25. The van der Waals surface area contributed by atoms with Crippen LogP contribution in [0.15, 0.2) is 54.9 Å². The number of nitrogens with one attached hydrogen (secondary N) is 1. The maximum Gasteiger partial charge on any atom is 0.252 e. The molecule has 1 amide bonds. The van der Waals surface area contributed by atoms with Gasteiger partial charge < -0.3 is 9.88 Å². The van der Waals surface area contributed by atoms with Crippen LogP contribution in [0, 0.1) is 0 Å². The zero-order valence-electron chi connectivity index (χ0n) is 15.0. The van der Waals surface area contributed by atoms with Crippen LogP contribution in [-0.2, 0) is 0 Å². The van der Waals surface area contributed by atoms with Gasteiger partial charge in [-0.25, -0.2) is 0 Å². The molecule has 26 heavy (non-hydrogen) atoms. The topological polar surface area (TPSA) is 64.2 Å². The number of pyridine rings is 1. The molecular formula is C20H21N5O. The molecule has 132 valence electrons. The van der Waals surface area contributed by atoms with Crippen molar-refractivity contribution in [2.24, 2.45) is 0 Å². The molecule has 0 aliphatic carbocycles. The zero-order chi connectivity index (χ0) is 18.3. The van der Waals surface area contributed by atoms with Crippen LogP contribution in [0.1, 0.15) is 49.0 Å². The Labute approximate surface area is 151 Å². The fraction of sp³-hybridized carbons (Fsp3) is 0.250. The first-order valence-corrected chi connectivity index (χ1v) is 8.76. The summed E-state index contributed by atoms with van der Waals surface area (Å²) >= 11 is 0. The normalized spacial score (nSPS) is 12.8. The average molecular weight is 347 g/mol. The maximum absolute atomic E-state index is 12.9. The SMILES string of the molecule is CC(NC(=O)c1cccc2c1ccn2C(C)C)c1nnc2ccccn12. The largest absolute Gasteiger partial charge is 0.345 e. The van der Waals surface area contributed by atoms with Crippen LogP contribution in [0.5, 0.6) is 0 Å². The summed E-state index contributed by atoms with van der Waals surface area (Å²) in [6.45, 7) is 6.18. The molecule has 6 heteroatoms. The number of fused-ring (bicyclic) bond motifs is 2. The lowest BCUT2D eigenvalue weighted by Crippen LogP contribution is -2.28. The van der Waals surface area contributed by atoms with Gasteiger partial charge in [-0.2, -0.15) is 0 Å². The van der Waals surface area contributed by atoms with Crippen LogP contribution in [-0.4, -0.2) is 25.1 Å². The van der Waals surface area contributed by atoms with Crippen molar-refractivity contribution in [2.75, 3.05) is 0 Å². The van der Waals surface area contributed by atoms with Gasteiger partial charge >= 0.3 is 0 Å². The first kappa shape index (κ1) is 16.3. The molecule has 0 saturated carbocycles. The molecule has 0 spiro atoms. The number of benzene rings is 1. The van der Waals surface area contributed by atoms with Gasteiger partial charge in [0.15, 0.2) is 11.5 Å². The van der Waals surface area contributed by atoms with Gasteiger partial charge in [-0.1, -0.05) is 12.1 Å². The molecular weight excluding hydrogens is 326 g/mol. The summed E-state index contributed by atoms with van der Waals surface area (Å²) in [7, 11) is 0. The molecule has 1 unspecified atom stereocenters. The van der Waals surface area contributed by atoms with E-state index >= 15 is 0 Å². The highest BCUT2D eigenvalue weighted by Crippen LogP contribution is 2.24. The number of hydrogen-bond acceptors (Lipinski definition) is 3. The summed E-state index contributed by atoms with van der Waals surface area (Å²) in [6.07, 6.45) is 3.93. The van der Waals surface area contributed by atoms with E-state index in [9.17, 15) is 4.79 Å². The molecule has 4 aromatic rings. The second-order valence-electron chi connectivity index (χ2n) is 6.74. The van der Waals surface area contributed by atoms with E-state index < -0.39 is 0 Å². The van der Waals surface area contributed by atoms with E-state index in [1.807, 2.05) is 66.2 Å². The smallest absolute Gasteiger partial charge is 0.252 e. The van der Waals surface area contributed by atoms with E-state index in [-0.39, 0.29) is 11.9 Å². The van der Waals surface area contributed by atoms with Crippen LogP contribution >= 0.6 is 0 Å². The summed E-state index contributed by atoms with van der Waals surface area (Å²) in [6, 6.07) is 13.6. The molecule has 0 radical (unpaired) electrons. The Morgan fingerprint density at radius 2 is 1.85 bits per heavy atom. The number of carbonyl (C=O) groups is 1. The van der Waals surface area contributed by atoms with Gasteiger partial charge in [-0.15, -0.1) is 10.2 Å². The van der Waals surface area contributed by atoms with Gasteiger partial charge in [-0.3, -0.25) is 9.20 Å². The Balaban J connectivity index is 1.65. The van der Waals surface area contributed by atoms with E-state index in [2.05, 4.69) is 33.9 Å². The van der Waals surface area contributed by atoms with Gasteiger partial charge in [0, 0.05) is 34.9 Å². The van der Waals surface area contributed by atoms with E-state index in [0.29, 0.717) is 17.4 Å². The van der Waals surface area contributed by atoms with Crippen molar-refractivity contribution in [1.82, 2.24) is 24.5 Å². The highest BCUT2D eigenvalue weighted by atomic mass is 16.1. The van der Waals surface area contributed by atoms with Crippen molar-refractivity contribution < 1.29 is 4.79 Å². The third-order valence-electron chi connectivity index (χ3n) is 4.64. The van der Waals surface area contributed by atoms with Crippen molar-refractivity contribution in [2.45, 2.75) is 32.9 Å². The molecule has 0 aliphatic rings. The zero-order valence-corrected chi connectivity index (χ0v) is 15.0. The van der Waals surface area contributed by atoms with Crippen LogP contribution in [0.3, 0.4) is 0 Å². The van der Waals surface area contributed by atoms with E-state index in [0.717, 1.165) is 16.6 Å². The van der Waals surface area contributed by atoms with Gasteiger partial charge in [0.2, 0.25) is 0 Å². The summed E-state index contributed by atoms with van der Waals surface area (Å²) < 4.78 is 4.06. The molecule has 1 aromatic carbocycles. The predicted octanol–water partition coefficient (Wildman–Crippen LogP) is 3.76. The predicted molar refractivity (Wildman–Crippen MR) is 101 cm³/mol. The van der Waals surface area contributed by atoms with Crippen LogP contribution in [0.25, 0.3) is 16.6 Å². The van der Waals surface area contributed by atoms with Crippen molar-refractivity contribution in [3.8, 4) is 0 Å². The molecule has 0 bridgehead atoms. The summed E-state index contributed by atoms with van der Waals surface area (Å²) in [5, 5.41) is 12.4. The highest BCUT2D eigenvalue weighted by molar-refractivity contribution is 6.06. The Morgan fingerprint density at radius 1 is 1.00 bits per heavy atom. The molecule has 4 rings (SSSR count). The van der Waals surface area contributed by atoms with Gasteiger partial charge in [-0.05, 0) is 51.1 Å². The van der Waals surface area contributed by atoms with Crippen molar-refractivity contribution in [3.05, 3.63) is 66.2 Å². The first-order valence-electron chi connectivity index (χ1n) is 8.76. The van der Waals surface area contributed by atoms with E-state index in [1.54, 1.807) is 0 Å². The summed E-state index contributed by atoms with van der Waals surface area (Å²) in [5.74, 6) is 0.596. The number of aromatic nitrogens is 4. The Kier molecular flexibility index (Phi) is 3.95. The first-order chi connectivity index (χ1) is 12.6. The molecule has 3 heterocycles. The molecule has 6 nitrogen and oxygen atoms in total. The number of carbonyl (C=O) groups excluding carboxylic acids is 1. The molecule has 3 aromatic heterocycles. The standard InChI is InChI=1S/C20H21N5O/c1-13(2)24-12-10-15-16(7-6-8-17(15)24)20(26)21-14(3)19-23-22-18-9-4-5-11-25(18)19/h4-14H,1-3H3,(H,21,26). The minimum Gasteiger partial charge on any atom is -0.345 e. The van der Waals surface area contributed by atoms with Gasteiger partial charge in [0.25, 0.3) is 5.91 Å². The molecule has 0 fully saturated rings. The number of rotatable bonds is 4. The van der Waals surface area contributed by atoms with Crippen LogP contribution < -0.4 is 5.32 Å². The third kappa shape index (κ3) is 2.63. The highest BCUT2D eigenvalue weighted by Gasteiger charge is 2.19. The van der Waals surface area contributed by atoms with Crippen molar-refractivity contribution in [1.29, 1.82) is 0 Å². The fourth-order valence-corrected chi connectivity index (χ4v) is 3.33. The number of hydrogen-bond donors (Lipinski definition) is 1. The number of amides is 1. The lowest BCUT2D eigenvalue weighted by Gasteiger charge is -2.14. The van der Waals surface area contributed by atoms with Crippen molar-refractivity contribution >= 4 is 22.5 Å². The lowest BCUT2D eigenvalue weighted by molar-refractivity contribution is 0.0940. The number of nitrogens with zero attached hydrogens (tertiary/aromatic N) is 4. The second-order valence-corrected chi connectivity index (χ2v) is 6.74. The van der Waals surface area contributed by atoms with Crippen molar-refractivity contribution in [3.63, 3.8) is 0 Å². The minimum atomic E-state index is -0.262. The minimum absolute atomic E-state index is 0.114. The molecule has 1 atom stereocenters. The van der Waals surface area contributed by atoms with Crippen LogP contribution in [0.4, 0.5) is 0 Å². The summed E-state index contributed by atoms with van der Waals surface area (Å²) in [4.78, 5) is 12.9. The Morgan fingerprint density at radius 3 is 2.65 bits per heavy atom. The molecule has 0 aliphatic heterocycles. The quantitative estimate of drug-likeness (QED) is 0.611. The lowest BCUT2D eigenvalue weighted by atomic mass is 10.1. The third-order valence-corrected chi connectivity index (χ3v) is 4.64. The molecule has 1 N–H and O–H groups in total. The maximum atomic E-state index is 12.9. The van der Waals surface area contributed by atoms with E-state index in [4.69, 9.17) is 0 Å². The molecule has 0 saturated heterocycles. The summed E-state index contributed by atoms with van der Waals surface area (Å²) in [5.41, 5.74) is 2.50. The Bertz CT molecular complexity index is 1090. The Hall–Kier alpha value is -3.15. The van der Waals surface area contributed by atoms with Gasteiger partial charge in [0.05, 0.1) is 6.04 Å².